The van der Waals surface area contributed by atoms with Gasteiger partial charge in [0.25, 0.3) is 0 Å². The minimum Gasteiger partial charge on any atom is -0.383 e. The molecule has 1 aliphatic rings. The van der Waals surface area contributed by atoms with Gasteiger partial charge >= 0.3 is 0 Å². The largest absolute Gasteiger partial charge is 0.383 e. The molecule has 1 heterocycles. The summed E-state index contributed by atoms with van der Waals surface area (Å²) in [5.41, 5.74) is 2.61. The highest BCUT2D eigenvalue weighted by atomic mass is 16.5. The van der Waals surface area contributed by atoms with E-state index in [0.717, 1.165) is 45.4 Å². The Morgan fingerprint density at radius 2 is 2.00 bits per heavy atom. The van der Waals surface area contributed by atoms with E-state index in [1.807, 2.05) is 0 Å². The van der Waals surface area contributed by atoms with Gasteiger partial charge in [0.15, 0.2) is 5.96 Å². The predicted molar refractivity (Wildman–Crippen MR) is 102 cm³/mol. The first-order valence-electron chi connectivity index (χ1n) is 9.13. The minimum absolute atomic E-state index is 0.214. The van der Waals surface area contributed by atoms with Gasteiger partial charge < -0.3 is 20.1 Å². The number of rotatable bonds is 8. The highest BCUT2D eigenvalue weighted by Crippen LogP contribution is 2.14. The van der Waals surface area contributed by atoms with E-state index in [9.17, 15) is 0 Å². The van der Waals surface area contributed by atoms with Gasteiger partial charge in [-0.15, -0.1) is 0 Å². The average molecular weight is 348 g/mol. The Hall–Kier alpha value is -1.63. The second-order valence-corrected chi connectivity index (χ2v) is 6.35. The molecule has 6 nitrogen and oxygen atoms in total. The summed E-state index contributed by atoms with van der Waals surface area (Å²) >= 11 is 0. The molecule has 1 atom stereocenters. The van der Waals surface area contributed by atoms with Crippen LogP contribution in [-0.2, 0) is 22.6 Å². The summed E-state index contributed by atoms with van der Waals surface area (Å²) in [6.45, 7) is 10.9. The lowest BCUT2D eigenvalue weighted by Crippen LogP contribution is -2.43. The summed E-state index contributed by atoms with van der Waals surface area (Å²) in [4.78, 5) is 7.20. The van der Waals surface area contributed by atoms with Crippen LogP contribution in [-0.4, -0.2) is 63.5 Å². The first kappa shape index (κ1) is 19.7. The zero-order valence-corrected chi connectivity index (χ0v) is 15.8. The van der Waals surface area contributed by atoms with Crippen molar-refractivity contribution in [3.05, 3.63) is 35.4 Å². The Morgan fingerprint density at radius 1 is 1.28 bits per heavy atom. The zero-order valence-electron chi connectivity index (χ0n) is 15.8. The molecule has 0 saturated carbocycles. The Balaban J connectivity index is 2.01. The van der Waals surface area contributed by atoms with Crippen LogP contribution in [0.5, 0.6) is 0 Å². The van der Waals surface area contributed by atoms with Gasteiger partial charge in [0.05, 0.1) is 26.4 Å². The number of aliphatic imine (C=N–C) groups is 1. The highest BCUT2D eigenvalue weighted by molar-refractivity contribution is 5.80. The van der Waals surface area contributed by atoms with Crippen molar-refractivity contribution >= 4 is 5.96 Å². The van der Waals surface area contributed by atoms with Crippen LogP contribution in [0.4, 0.5) is 0 Å². The van der Waals surface area contributed by atoms with Crippen LogP contribution in [0.3, 0.4) is 0 Å². The van der Waals surface area contributed by atoms with Gasteiger partial charge in [-0.1, -0.05) is 24.3 Å². The van der Waals surface area contributed by atoms with Gasteiger partial charge in [-0.2, -0.15) is 0 Å². The van der Waals surface area contributed by atoms with E-state index in [1.54, 1.807) is 7.11 Å². The van der Waals surface area contributed by atoms with Gasteiger partial charge in [-0.05, 0) is 25.0 Å². The smallest absolute Gasteiger partial charge is 0.191 e. The summed E-state index contributed by atoms with van der Waals surface area (Å²) in [6.07, 6.45) is 0. The maximum absolute atomic E-state index is 5.44. The van der Waals surface area contributed by atoms with Crippen LogP contribution in [0.25, 0.3) is 0 Å². The van der Waals surface area contributed by atoms with Crippen molar-refractivity contribution in [3.63, 3.8) is 0 Å². The maximum Gasteiger partial charge on any atom is 0.191 e. The molecule has 140 valence electrons. The van der Waals surface area contributed by atoms with Crippen LogP contribution >= 0.6 is 0 Å². The molecular weight excluding hydrogens is 316 g/mol. The van der Waals surface area contributed by atoms with E-state index in [0.29, 0.717) is 13.2 Å². The molecular formula is C19H32N4O2. The predicted octanol–water partition coefficient (Wildman–Crippen LogP) is 1.61. The van der Waals surface area contributed by atoms with Crippen LogP contribution in [0, 0.1) is 0 Å². The third-order valence-electron chi connectivity index (χ3n) is 4.17. The average Bonchev–Trinajstić information content (AvgIpc) is 2.62. The van der Waals surface area contributed by atoms with E-state index < -0.39 is 0 Å². The summed E-state index contributed by atoms with van der Waals surface area (Å²) < 4.78 is 10.6. The molecule has 1 aliphatic heterocycles. The molecule has 0 spiro atoms. The molecule has 1 unspecified atom stereocenters. The summed E-state index contributed by atoms with van der Waals surface area (Å²) in [7, 11) is 1.71. The third kappa shape index (κ3) is 7.02. The number of nitrogens with zero attached hydrogens (tertiary/aromatic N) is 2. The maximum atomic E-state index is 5.44. The van der Waals surface area contributed by atoms with Crippen molar-refractivity contribution in [1.29, 1.82) is 0 Å². The van der Waals surface area contributed by atoms with Crippen molar-refractivity contribution in [2.75, 3.05) is 46.6 Å². The summed E-state index contributed by atoms with van der Waals surface area (Å²) in [5, 5.41) is 6.68. The van der Waals surface area contributed by atoms with Crippen LogP contribution in [0.2, 0.25) is 0 Å². The number of benzene rings is 1. The Labute approximate surface area is 151 Å². The second kappa shape index (κ2) is 11.1. The first-order valence-corrected chi connectivity index (χ1v) is 9.13. The molecule has 1 aromatic rings. The van der Waals surface area contributed by atoms with Crippen molar-refractivity contribution in [1.82, 2.24) is 15.5 Å². The van der Waals surface area contributed by atoms with Gasteiger partial charge in [0, 0.05) is 39.3 Å². The second-order valence-electron chi connectivity index (χ2n) is 6.35. The number of hydrogen-bond acceptors (Lipinski definition) is 4. The highest BCUT2D eigenvalue weighted by Gasteiger charge is 2.12. The van der Waals surface area contributed by atoms with Crippen LogP contribution in [0.15, 0.2) is 29.3 Å². The molecule has 0 aliphatic carbocycles. The van der Waals surface area contributed by atoms with Crippen molar-refractivity contribution in [3.8, 4) is 0 Å². The quantitative estimate of drug-likeness (QED) is 0.552. The van der Waals surface area contributed by atoms with Crippen LogP contribution < -0.4 is 10.6 Å². The fourth-order valence-electron chi connectivity index (χ4n) is 2.88. The molecule has 1 aromatic carbocycles. The Kier molecular flexibility index (Phi) is 8.72. The number of guanidine groups is 1. The lowest BCUT2D eigenvalue weighted by atomic mass is 10.1. The normalized spacial score (nSPS) is 17.3. The molecule has 1 saturated heterocycles. The van der Waals surface area contributed by atoms with Crippen molar-refractivity contribution < 1.29 is 9.47 Å². The molecule has 0 aromatic heterocycles. The van der Waals surface area contributed by atoms with E-state index >= 15 is 0 Å². The lowest BCUT2D eigenvalue weighted by molar-refractivity contribution is 0.0341. The van der Waals surface area contributed by atoms with Crippen molar-refractivity contribution in [2.24, 2.45) is 4.99 Å². The van der Waals surface area contributed by atoms with Gasteiger partial charge in [-0.25, -0.2) is 4.99 Å². The molecule has 0 radical (unpaired) electrons. The number of nitrogens with one attached hydrogen (secondary N) is 2. The monoisotopic (exact) mass is 348 g/mol. The van der Waals surface area contributed by atoms with E-state index in [4.69, 9.17) is 14.5 Å². The Bertz CT molecular complexity index is 530. The minimum atomic E-state index is 0.214. The number of methoxy groups -OCH3 is 1. The molecule has 2 N–H and O–H groups in total. The topological polar surface area (TPSA) is 58.1 Å². The van der Waals surface area contributed by atoms with Crippen molar-refractivity contribution in [2.45, 2.75) is 33.0 Å². The third-order valence-corrected chi connectivity index (χ3v) is 4.17. The van der Waals surface area contributed by atoms with Gasteiger partial charge in [-0.3, -0.25) is 4.90 Å². The number of hydrogen-bond donors (Lipinski definition) is 2. The fourth-order valence-corrected chi connectivity index (χ4v) is 2.88. The zero-order chi connectivity index (χ0) is 17.9. The summed E-state index contributed by atoms with van der Waals surface area (Å²) in [6, 6.07) is 8.77. The van der Waals surface area contributed by atoms with Crippen LogP contribution in [0.1, 0.15) is 25.0 Å². The standard InChI is InChI=1S/C19H32N4O2/c1-4-20-19(22-16(2)15-24-3)21-13-17-7-5-6-8-18(17)14-23-9-11-25-12-10-23/h5-8,16H,4,9-15H2,1-3H3,(H2,20,21,22). The Morgan fingerprint density at radius 3 is 2.68 bits per heavy atom. The molecule has 2 rings (SSSR count). The first-order chi connectivity index (χ1) is 12.2. The fraction of sp³-hybridized carbons (Fsp3) is 0.632. The van der Waals surface area contributed by atoms with E-state index in [1.165, 1.54) is 11.1 Å². The number of ether oxygens (including phenoxy) is 2. The molecule has 0 bridgehead atoms. The molecule has 25 heavy (non-hydrogen) atoms. The summed E-state index contributed by atoms with van der Waals surface area (Å²) in [5.74, 6) is 0.827. The SMILES string of the molecule is CCNC(=NCc1ccccc1CN1CCOCC1)NC(C)COC. The molecule has 6 heteroatoms. The lowest BCUT2D eigenvalue weighted by Gasteiger charge is -2.27. The molecule has 0 amide bonds. The molecule has 1 fully saturated rings. The number of morpholine rings is 1. The van der Waals surface area contributed by atoms with E-state index in [2.05, 4.69) is 53.6 Å². The van der Waals surface area contributed by atoms with Gasteiger partial charge in [0.1, 0.15) is 0 Å². The van der Waals surface area contributed by atoms with Gasteiger partial charge in [0.2, 0.25) is 0 Å². The van der Waals surface area contributed by atoms with E-state index in [-0.39, 0.29) is 6.04 Å².